The van der Waals surface area contributed by atoms with Crippen LogP contribution in [-0.4, -0.2) is 17.6 Å². The highest BCUT2D eigenvalue weighted by atomic mass is 16.4. The third kappa shape index (κ3) is 3.73. The third-order valence-electron chi connectivity index (χ3n) is 2.94. The lowest BCUT2D eigenvalue weighted by Gasteiger charge is -2.30. The largest absolute Gasteiger partial charge is 0.432 e. The van der Waals surface area contributed by atoms with Gasteiger partial charge < -0.3 is 15.1 Å². The van der Waals surface area contributed by atoms with E-state index in [4.69, 9.17) is 10.2 Å². The van der Waals surface area contributed by atoms with E-state index in [0.717, 1.165) is 25.1 Å². The molecule has 0 radical (unpaired) electrons. The average Bonchev–Trinajstić information content (AvgIpc) is 2.77. The van der Waals surface area contributed by atoms with E-state index >= 15 is 0 Å². The molecule has 2 N–H and O–H groups in total. The molecule has 0 amide bonds. The van der Waals surface area contributed by atoms with Gasteiger partial charge in [-0.15, -0.1) is 0 Å². The second kappa shape index (κ2) is 6.64. The van der Waals surface area contributed by atoms with Crippen LogP contribution in [0.25, 0.3) is 0 Å². The molecule has 0 atom stereocenters. The van der Waals surface area contributed by atoms with E-state index in [1.807, 2.05) is 0 Å². The summed E-state index contributed by atoms with van der Waals surface area (Å²) in [4.78, 5) is 6.70. The normalized spacial score (nSPS) is 11.5. The Hall–Kier alpha value is -1.03. The van der Waals surface area contributed by atoms with Crippen LogP contribution < -0.4 is 10.6 Å². The fraction of sp³-hybridized carbons (Fsp3) is 0.769. The molecule has 98 valence electrons. The number of oxazole rings is 1. The Bertz CT molecular complexity index is 318. The first-order valence-corrected chi connectivity index (χ1v) is 6.53. The SMILES string of the molecule is CCC(CC)N(CC(C)C)c1nc(CN)co1. The van der Waals surface area contributed by atoms with Crippen molar-refractivity contribution in [1.29, 1.82) is 0 Å². The van der Waals surface area contributed by atoms with Gasteiger partial charge in [0, 0.05) is 19.1 Å². The van der Waals surface area contributed by atoms with Gasteiger partial charge in [-0.3, -0.25) is 0 Å². The molecule has 0 bridgehead atoms. The van der Waals surface area contributed by atoms with Crippen LogP contribution in [0.4, 0.5) is 6.01 Å². The summed E-state index contributed by atoms with van der Waals surface area (Å²) in [6.07, 6.45) is 3.86. The van der Waals surface area contributed by atoms with E-state index < -0.39 is 0 Å². The van der Waals surface area contributed by atoms with Crippen molar-refractivity contribution in [2.24, 2.45) is 11.7 Å². The molecule has 0 spiro atoms. The molecular weight excluding hydrogens is 214 g/mol. The Morgan fingerprint density at radius 1 is 1.35 bits per heavy atom. The van der Waals surface area contributed by atoms with Gasteiger partial charge >= 0.3 is 0 Å². The molecule has 4 nitrogen and oxygen atoms in total. The zero-order valence-electron chi connectivity index (χ0n) is 11.4. The van der Waals surface area contributed by atoms with Crippen LogP contribution in [0.15, 0.2) is 10.7 Å². The first-order valence-electron chi connectivity index (χ1n) is 6.53. The highest BCUT2D eigenvalue weighted by Crippen LogP contribution is 2.21. The second-order valence-corrected chi connectivity index (χ2v) is 4.84. The van der Waals surface area contributed by atoms with Crippen molar-refractivity contribution >= 4 is 6.01 Å². The summed E-state index contributed by atoms with van der Waals surface area (Å²) in [5.74, 6) is 0.587. The molecule has 1 heterocycles. The number of anilines is 1. The van der Waals surface area contributed by atoms with Crippen molar-refractivity contribution in [2.75, 3.05) is 11.4 Å². The molecular formula is C13H25N3O. The van der Waals surface area contributed by atoms with Gasteiger partial charge in [-0.25, -0.2) is 0 Å². The minimum absolute atomic E-state index is 0.432. The monoisotopic (exact) mass is 239 g/mol. The Morgan fingerprint density at radius 3 is 2.41 bits per heavy atom. The Labute approximate surface area is 104 Å². The first-order chi connectivity index (χ1) is 8.12. The van der Waals surface area contributed by atoms with Crippen LogP contribution in [0.2, 0.25) is 0 Å². The van der Waals surface area contributed by atoms with Gasteiger partial charge in [0.1, 0.15) is 6.26 Å². The minimum Gasteiger partial charge on any atom is -0.432 e. The topological polar surface area (TPSA) is 55.3 Å². The first kappa shape index (κ1) is 14.0. The summed E-state index contributed by atoms with van der Waals surface area (Å²) in [6, 6.07) is 1.20. The Morgan fingerprint density at radius 2 is 2.00 bits per heavy atom. The molecule has 1 aromatic heterocycles. The van der Waals surface area contributed by atoms with Crippen molar-refractivity contribution in [1.82, 2.24) is 4.98 Å². The summed E-state index contributed by atoms with van der Waals surface area (Å²) in [6.45, 7) is 10.2. The molecule has 17 heavy (non-hydrogen) atoms. The molecule has 0 aliphatic rings. The van der Waals surface area contributed by atoms with Crippen molar-refractivity contribution in [3.05, 3.63) is 12.0 Å². The lowest BCUT2D eigenvalue weighted by Crippen LogP contribution is -2.37. The van der Waals surface area contributed by atoms with Gasteiger partial charge in [0.05, 0.1) is 5.69 Å². The molecule has 1 rings (SSSR count). The van der Waals surface area contributed by atoms with E-state index in [9.17, 15) is 0 Å². The van der Waals surface area contributed by atoms with Gasteiger partial charge in [0.2, 0.25) is 0 Å². The zero-order chi connectivity index (χ0) is 12.8. The summed E-state index contributed by atoms with van der Waals surface area (Å²) in [5.41, 5.74) is 6.38. The smallest absolute Gasteiger partial charge is 0.297 e. The van der Waals surface area contributed by atoms with Crippen molar-refractivity contribution in [2.45, 2.75) is 53.1 Å². The number of nitrogens with two attached hydrogens (primary N) is 1. The molecule has 0 saturated heterocycles. The molecule has 0 aliphatic carbocycles. The van der Waals surface area contributed by atoms with E-state index in [1.54, 1.807) is 6.26 Å². The maximum atomic E-state index is 5.56. The predicted octanol–water partition coefficient (Wildman–Crippen LogP) is 2.78. The van der Waals surface area contributed by atoms with Crippen molar-refractivity contribution in [3.8, 4) is 0 Å². The minimum atomic E-state index is 0.432. The van der Waals surface area contributed by atoms with Gasteiger partial charge in [0.15, 0.2) is 0 Å². The van der Waals surface area contributed by atoms with E-state index in [0.29, 0.717) is 24.5 Å². The van der Waals surface area contributed by atoms with Crippen LogP contribution in [0.5, 0.6) is 0 Å². The number of rotatable bonds is 7. The van der Waals surface area contributed by atoms with Crippen molar-refractivity contribution in [3.63, 3.8) is 0 Å². The van der Waals surface area contributed by atoms with E-state index in [2.05, 4.69) is 37.6 Å². The maximum absolute atomic E-state index is 5.56. The Balaban J connectivity index is 2.88. The van der Waals surface area contributed by atoms with Crippen molar-refractivity contribution < 1.29 is 4.42 Å². The highest BCUT2D eigenvalue weighted by Gasteiger charge is 2.21. The number of nitrogens with zero attached hydrogens (tertiary/aromatic N) is 2. The fourth-order valence-electron chi connectivity index (χ4n) is 2.03. The third-order valence-corrected chi connectivity index (χ3v) is 2.94. The fourth-order valence-corrected chi connectivity index (χ4v) is 2.03. The summed E-state index contributed by atoms with van der Waals surface area (Å²) in [5, 5.41) is 0. The standard InChI is InChI=1S/C13H25N3O/c1-5-12(6-2)16(8-10(3)4)13-15-11(7-14)9-17-13/h9-10,12H,5-8,14H2,1-4H3. The molecule has 0 fully saturated rings. The maximum Gasteiger partial charge on any atom is 0.297 e. The van der Waals surface area contributed by atoms with Crippen LogP contribution in [0.3, 0.4) is 0 Å². The van der Waals surface area contributed by atoms with E-state index in [-0.39, 0.29) is 0 Å². The molecule has 0 aliphatic heterocycles. The molecule has 1 aromatic rings. The van der Waals surface area contributed by atoms with Crippen LogP contribution in [0, 0.1) is 5.92 Å². The lowest BCUT2D eigenvalue weighted by atomic mass is 10.1. The predicted molar refractivity (Wildman–Crippen MR) is 70.9 cm³/mol. The van der Waals surface area contributed by atoms with Gasteiger partial charge in [-0.05, 0) is 18.8 Å². The number of hydrogen-bond acceptors (Lipinski definition) is 4. The highest BCUT2D eigenvalue weighted by molar-refractivity contribution is 5.29. The number of aromatic nitrogens is 1. The average molecular weight is 239 g/mol. The molecule has 0 aromatic carbocycles. The molecule has 4 heteroatoms. The van der Waals surface area contributed by atoms with Gasteiger partial charge in [0.25, 0.3) is 6.01 Å². The van der Waals surface area contributed by atoms with Crippen LogP contribution in [-0.2, 0) is 6.54 Å². The van der Waals surface area contributed by atoms with Crippen LogP contribution >= 0.6 is 0 Å². The molecule has 0 unspecified atom stereocenters. The number of hydrogen-bond donors (Lipinski definition) is 1. The second-order valence-electron chi connectivity index (χ2n) is 4.84. The summed E-state index contributed by atoms with van der Waals surface area (Å²) in [7, 11) is 0. The van der Waals surface area contributed by atoms with Gasteiger partial charge in [-0.1, -0.05) is 27.7 Å². The lowest BCUT2D eigenvalue weighted by molar-refractivity contribution is 0.447. The summed E-state index contributed by atoms with van der Waals surface area (Å²) >= 11 is 0. The quantitative estimate of drug-likeness (QED) is 0.795. The zero-order valence-corrected chi connectivity index (χ0v) is 11.4. The van der Waals surface area contributed by atoms with E-state index in [1.165, 1.54) is 0 Å². The van der Waals surface area contributed by atoms with Crippen LogP contribution in [0.1, 0.15) is 46.2 Å². The Kier molecular flexibility index (Phi) is 5.48. The summed E-state index contributed by atoms with van der Waals surface area (Å²) < 4.78 is 5.54. The van der Waals surface area contributed by atoms with Gasteiger partial charge in [-0.2, -0.15) is 4.98 Å². The molecule has 0 saturated carbocycles.